The van der Waals surface area contributed by atoms with Gasteiger partial charge >= 0.3 is 6.36 Å². The summed E-state index contributed by atoms with van der Waals surface area (Å²) >= 11 is 0. The third-order valence-corrected chi connectivity index (χ3v) is 5.53. The highest BCUT2D eigenvalue weighted by Crippen LogP contribution is 2.35. The number of aliphatic hydroxyl groups excluding tert-OH is 1. The van der Waals surface area contributed by atoms with Crippen LogP contribution in [0.2, 0.25) is 0 Å². The van der Waals surface area contributed by atoms with Gasteiger partial charge in [-0.1, -0.05) is 13.3 Å². The Morgan fingerprint density at radius 1 is 1.22 bits per heavy atom. The lowest BCUT2D eigenvalue weighted by molar-refractivity contribution is -0.274. The summed E-state index contributed by atoms with van der Waals surface area (Å²) < 4.78 is 42.8. The molecule has 10 heteroatoms. The number of carbonyl (C=O) groups excluding carboxylic acids is 1. The minimum absolute atomic E-state index is 0.00772. The van der Waals surface area contributed by atoms with Crippen molar-refractivity contribution in [3.63, 3.8) is 0 Å². The van der Waals surface area contributed by atoms with Crippen LogP contribution in [0.4, 0.5) is 13.2 Å². The predicted molar refractivity (Wildman–Crippen MR) is 110 cm³/mol. The average Bonchev–Trinajstić information content (AvgIpc) is 3.10. The van der Waals surface area contributed by atoms with E-state index in [0.29, 0.717) is 47.5 Å². The molecule has 0 atom stereocenters. The second kappa shape index (κ2) is 8.78. The third kappa shape index (κ3) is 4.40. The van der Waals surface area contributed by atoms with Crippen LogP contribution in [0.15, 0.2) is 36.5 Å². The summed E-state index contributed by atoms with van der Waals surface area (Å²) in [5, 5.41) is 15.2. The van der Waals surface area contributed by atoms with E-state index in [1.54, 1.807) is 21.8 Å². The summed E-state index contributed by atoms with van der Waals surface area (Å²) in [5.41, 5.74) is 2.37. The molecule has 2 aromatic heterocycles. The van der Waals surface area contributed by atoms with E-state index in [4.69, 9.17) is 5.10 Å². The number of carbonyl (C=O) groups is 1. The number of hydrogen-bond acceptors (Lipinski definition) is 5. The fraction of sp³-hybridized carbons (Fsp3) is 0.409. The molecule has 1 fully saturated rings. The first-order valence-electron chi connectivity index (χ1n) is 10.4. The molecule has 0 unspecified atom stereocenters. The highest BCUT2D eigenvalue weighted by Gasteiger charge is 2.35. The normalized spacial score (nSPS) is 14.6. The van der Waals surface area contributed by atoms with E-state index in [1.165, 1.54) is 24.3 Å². The Morgan fingerprint density at radius 2 is 1.94 bits per heavy atom. The summed E-state index contributed by atoms with van der Waals surface area (Å²) in [5.74, 6) is -0.221. The van der Waals surface area contributed by atoms with Crippen LogP contribution in [0.25, 0.3) is 16.7 Å². The number of aliphatic hydroxyl groups is 1. The van der Waals surface area contributed by atoms with Crippen LogP contribution in [-0.2, 0) is 11.4 Å². The number of hydrogen-bond donors (Lipinski definition) is 1. The van der Waals surface area contributed by atoms with Gasteiger partial charge in [-0.25, -0.2) is 9.67 Å². The molecule has 32 heavy (non-hydrogen) atoms. The average molecular weight is 448 g/mol. The van der Waals surface area contributed by atoms with Gasteiger partial charge in [-0.15, -0.1) is 13.2 Å². The van der Waals surface area contributed by atoms with Crippen LogP contribution < -0.4 is 4.74 Å². The van der Waals surface area contributed by atoms with Crippen molar-refractivity contribution >= 4 is 16.9 Å². The Kier molecular flexibility index (Phi) is 6.05. The van der Waals surface area contributed by atoms with E-state index in [2.05, 4.69) is 9.72 Å². The predicted octanol–water partition coefficient (Wildman–Crippen LogP) is 3.93. The number of pyridine rings is 1. The number of aromatic nitrogens is 3. The second-order valence-electron chi connectivity index (χ2n) is 7.76. The zero-order chi connectivity index (χ0) is 22.9. The van der Waals surface area contributed by atoms with Gasteiger partial charge in [-0.2, -0.15) is 5.10 Å². The first kappa shape index (κ1) is 22.1. The van der Waals surface area contributed by atoms with Gasteiger partial charge in [-0.3, -0.25) is 4.79 Å². The molecule has 0 radical (unpaired) electrons. The molecule has 1 amide bonds. The number of amides is 1. The Labute approximate surface area is 182 Å². The van der Waals surface area contributed by atoms with E-state index in [1.807, 2.05) is 6.92 Å². The number of nitrogens with zero attached hydrogens (tertiary/aromatic N) is 4. The summed E-state index contributed by atoms with van der Waals surface area (Å²) in [4.78, 5) is 18.5. The van der Waals surface area contributed by atoms with E-state index in [0.717, 1.165) is 12.8 Å². The van der Waals surface area contributed by atoms with Crippen molar-refractivity contribution in [3.8, 4) is 11.4 Å². The monoisotopic (exact) mass is 448 g/mol. The van der Waals surface area contributed by atoms with Crippen LogP contribution in [-0.4, -0.2) is 50.1 Å². The molecule has 0 bridgehead atoms. The fourth-order valence-corrected chi connectivity index (χ4v) is 3.86. The first-order chi connectivity index (χ1) is 15.3. The number of alkyl halides is 3. The largest absolute Gasteiger partial charge is 0.573 e. The number of ether oxygens (including phenoxy) is 1. The number of rotatable bonds is 7. The fourth-order valence-electron chi connectivity index (χ4n) is 3.86. The highest BCUT2D eigenvalue weighted by atomic mass is 19.4. The van der Waals surface area contributed by atoms with Crippen molar-refractivity contribution in [2.75, 3.05) is 13.1 Å². The van der Waals surface area contributed by atoms with Crippen LogP contribution >= 0.6 is 0 Å². The van der Waals surface area contributed by atoms with Gasteiger partial charge < -0.3 is 14.7 Å². The van der Waals surface area contributed by atoms with Crippen molar-refractivity contribution in [3.05, 3.63) is 47.8 Å². The minimum atomic E-state index is -4.77. The van der Waals surface area contributed by atoms with Crippen LogP contribution in [0, 0.1) is 0 Å². The van der Waals surface area contributed by atoms with E-state index in [9.17, 15) is 23.1 Å². The molecular formula is C22H23F3N4O3. The molecule has 1 N–H and O–H groups in total. The topological polar surface area (TPSA) is 80.5 Å². The van der Waals surface area contributed by atoms with Gasteiger partial charge in [0.2, 0.25) is 5.91 Å². The Hall–Kier alpha value is -3.14. The number of fused-ring (bicyclic) bond motifs is 1. The molecular weight excluding hydrogens is 425 g/mol. The molecule has 1 aromatic carbocycles. The zero-order valence-electron chi connectivity index (χ0n) is 17.5. The molecule has 0 spiro atoms. The molecule has 0 aliphatic carbocycles. The summed E-state index contributed by atoms with van der Waals surface area (Å²) in [6, 6.07) is 7.06. The molecule has 4 rings (SSSR count). The number of benzene rings is 1. The van der Waals surface area contributed by atoms with Crippen molar-refractivity contribution < 1.29 is 27.8 Å². The number of unbranched alkanes of at least 4 members (excludes halogenated alkanes) is 1. The molecule has 1 aliphatic heterocycles. The van der Waals surface area contributed by atoms with Crippen LogP contribution in [0.5, 0.6) is 5.75 Å². The van der Waals surface area contributed by atoms with E-state index in [-0.39, 0.29) is 24.2 Å². The first-order valence-corrected chi connectivity index (χ1v) is 10.4. The van der Waals surface area contributed by atoms with E-state index >= 15 is 0 Å². The van der Waals surface area contributed by atoms with Crippen molar-refractivity contribution in [2.24, 2.45) is 0 Å². The summed E-state index contributed by atoms with van der Waals surface area (Å²) in [7, 11) is 0. The summed E-state index contributed by atoms with van der Waals surface area (Å²) in [6.07, 6.45) is -0.886. The maximum absolute atomic E-state index is 12.4. The zero-order valence-corrected chi connectivity index (χ0v) is 17.5. The van der Waals surface area contributed by atoms with Crippen LogP contribution in [0.1, 0.15) is 43.4 Å². The van der Waals surface area contributed by atoms with Gasteiger partial charge in [-0.05, 0) is 42.3 Å². The van der Waals surface area contributed by atoms with Gasteiger partial charge in [0.05, 0.1) is 18.0 Å². The van der Waals surface area contributed by atoms with E-state index < -0.39 is 6.36 Å². The second-order valence-corrected chi connectivity index (χ2v) is 7.76. The Bertz CT molecular complexity index is 1110. The van der Waals surface area contributed by atoms with Crippen molar-refractivity contribution in [1.29, 1.82) is 0 Å². The molecule has 1 saturated heterocycles. The molecule has 1 aliphatic rings. The highest BCUT2D eigenvalue weighted by molar-refractivity contribution is 5.85. The smallest absolute Gasteiger partial charge is 0.406 e. The maximum atomic E-state index is 12.4. The van der Waals surface area contributed by atoms with Crippen molar-refractivity contribution in [1.82, 2.24) is 19.7 Å². The van der Waals surface area contributed by atoms with Gasteiger partial charge in [0.1, 0.15) is 5.75 Å². The lowest BCUT2D eigenvalue weighted by atomic mass is 9.92. The molecule has 7 nitrogen and oxygen atoms in total. The summed E-state index contributed by atoms with van der Waals surface area (Å²) in [6.45, 7) is 2.90. The van der Waals surface area contributed by atoms with Crippen molar-refractivity contribution in [2.45, 2.75) is 45.1 Å². The van der Waals surface area contributed by atoms with Crippen LogP contribution in [0.3, 0.4) is 0 Å². The molecule has 3 aromatic rings. The molecule has 3 heterocycles. The SMILES string of the molecule is CCCCC(=O)N1CC(c2nn(-c3ccc(OC(F)(F)F)cc3)c3nccc(CO)c23)C1. The number of halogens is 3. The molecule has 0 saturated carbocycles. The van der Waals surface area contributed by atoms with Gasteiger partial charge in [0, 0.05) is 37.0 Å². The Balaban J connectivity index is 1.65. The maximum Gasteiger partial charge on any atom is 0.573 e. The minimum Gasteiger partial charge on any atom is -0.406 e. The number of likely N-dealkylation sites (tertiary alicyclic amines) is 1. The Morgan fingerprint density at radius 3 is 2.56 bits per heavy atom. The van der Waals surface area contributed by atoms with Gasteiger partial charge in [0.25, 0.3) is 0 Å². The third-order valence-electron chi connectivity index (χ3n) is 5.53. The lowest BCUT2D eigenvalue weighted by Crippen LogP contribution is -2.48. The van der Waals surface area contributed by atoms with Gasteiger partial charge in [0.15, 0.2) is 5.65 Å². The lowest BCUT2D eigenvalue weighted by Gasteiger charge is -2.38. The standard InChI is InChI=1S/C22H23F3N4O3/c1-2-3-4-18(31)28-11-15(12-28)20-19-14(13-30)9-10-26-21(19)29(27-20)16-5-7-17(8-6-16)32-22(23,24)25/h5-10,15,30H,2-4,11-13H2,1H3. The molecule has 170 valence electrons. The quantitative estimate of drug-likeness (QED) is 0.593.